The minimum Gasteiger partial charge on any atom is -0.466 e. The zero-order valence-electron chi connectivity index (χ0n) is 13.9. The lowest BCUT2D eigenvalue weighted by Crippen LogP contribution is -2.31. The molecule has 2 aliphatic heterocycles. The van der Waals surface area contributed by atoms with E-state index in [-0.39, 0.29) is 12.2 Å². The van der Waals surface area contributed by atoms with Gasteiger partial charge in [0.1, 0.15) is 0 Å². The predicted molar refractivity (Wildman–Crippen MR) is 84.0 cm³/mol. The molecule has 0 radical (unpaired) electrons. The fourth-order valence-electron chi connectivity index (χ4n) is 3.52. The number of nitrogens with zero attached hydrogens (tertiary/aromatic N) is 1. The number of aromatic nitrogens is 1. The first kappa shape index (κ1) is 16.9. The van der Waals surface area contributed by atoms with Crippen molar-refractivity contribution in [3.05, 3.63) is 33.2 Å². The molecule has 24 heavy (non-hydrogen) atoms. The second kappa shape index (κ2) is 6.49. The largest absolute Gasteiger partial charge is 0.466 e. The third kappa shape index (κ3) is 2.48. The molecule has 1 aromatic heterocycles. The van der Waals surface area contributed by atoms with Gasteiger partial charge in [0.25, 0.3) is 5.56 Å². The summed E-state index contributed by atoms with van der Waals surface area (Å²) < 4.78 is 18.1. The molecule has 1 aromatic rings. The van der Waals surface area contributed by atoms with E-state index in [1.54, 1.807) is 13.0 Å². The van der Waals surface area contributed by atoms with E-state index < -0.39 is 23.2 Å². The van der Waals surface area contributed by atoms with E-state index in [0.29, 0.717) is 50.1 Å². The Morgan fingerprint density at radius 3 is 2.71 bits per heavy atom. The van der Waals surface area contributed by atoms with Crippen LogP contribution in [0.15, 0.2) is 10.9 Å². The van der Waals surface area contributed by atoms with Crippen LogP contribution in [0.3, 0.4) is 0 Å². The zero-order valence-corrected chi connectivity index (χ0v) is 13.9. The molecule has 1 atom stereocenters. The van der Waals surface area contributed by atoms with Gasteiger partial charge in [0.2, 0.25) is 5.79 Å². The molecule has 3 heterocycles. The monoisotopic (exact) mass is 335 g/mol. The molecule has 130 valence electrons. The molecule has 0 aromatic carbocycles. The number of rotatable bonds is 5. The Kier molecular flexibility index (Phi) is 4.56. The molecule has 0 aliphatic carbocycles. The van der Waals surface area contributed by atoms with Crippen molar-refractivity contribution in [1.29, 1.82) is 0 Å². The Bertz CT molecular complexity index is 717. The summed E-state index contributed by atoms with van der Waals surface area (Å²) >= 11 is 0. The number of carbonyl (C=O) groups is 2. The SMILES string of the molecule is CCOC(=O)C(CC)c1cc2n(c(=O)c1C=O)CCC21OCCO1. The molecule has 7 heteroatoms. The van der Waals surface area contributed by atoms with Gasteiger partial charge in [0.05, 0.1) is 37.0 Å². The average molecular weight is 335 g/mol. The highest BCUT2D eigenvalue weighted by atomic mass is 16.7. The minimum atomic E-state index is -0.942. The van der Waals surface area contributed by atoms with Crippen molar-refractivity contribution < 1.29 is 23.8 Å². The van der Waals surface area contributed by atoms with Crippen LogP contribution in [0.2, 0.25) is 0 Å². The van der Waals surface area contributed by atoms with Crippen LogP contribution in [0, 0.1) is 0 Å². The first-order valence-electron chi connectivity index (χ1n) is 8.26. The number of fused-ring (bicyclic) bond motifs is 2. The third-order valence-corrected chi connectivity index (χ3v) is 4.65. The number of pyridine rings is 1. The highest BCUT2D eigenvalue weighted by Crippen LogP contribution is 2.40. The number of aldehydes is 1. The van der Waals surface area contributed by atoms with Gasteiger partial charge < -0.3 is 18.8 Å². The molecule has 7 nitrogen and oxygen atoms in total. The molecule has 1 saturated heterocycles. The summed E-state index contributed by atoms with van der Waals surface area (Å²) in [7, 11) is 0. The highest BCUT2D eigenvalue weighted by Gasteiger charge is 2.46. The predicted octanol–water partition coefficient (Wildman–Crippen LogP) is 1.32. The lowest BCUT2D eigenvalue weighted by atomic mass is 9.92. The van der Waals surface area contributed by atoms with Gasteiger partial charge >= 0.3 is 5.97 Å². The first-order valence-corrected chi connectivity index (χ1v) is 8.26. The van der Waals surface area contributed by atoms with Crippen LogP contribution in [-0.2, 0) is 31.3 Å². The summed E-state index contributed by atoms with van der Waals surface area (Å²) in [6, 6.07) is 1.70. The summed E-state index contributed by atoms with van der Waals surface area (Å²) in [5, 5.41) is 0. The van der Waals surface area contributed by atoms with Gasteiger partial charge in [0, 0.05) is 13.0 Å². The van der Waals surface area contributed by atoms with E-state index in [4.69, 9.17) is 14.2 Å². The lowest BCUT2D eigenvalue weighted by Gasteiger charge is -2.24. The minimum absolute atomic E-state index is 0.00806. The lowest BCUT2D eigenvalue weighted by molar-refractivity contribution is -0.163. The van der Waals surface area contributed by atoms with Crippen LogP contribution in [0.4, 0.5) is 0 Å². The Hall–Kier alpha value is -1.99. The molecular formula is C17H21NO6. The first-order chi connectivity index (χ1) is 11.6. The molecule has 2 aliphatic rings. The van der Waals surface area contributed by atoms with Crippen molar-refractivity contribution >= 4 is 12.3 Å². The van der Waals surface area contributed by atoms with Gasteiger partial charge in [-0.05, 0) is 25.0 Å². The number of carbonyl (C=O) groups excluding carboxylic acids is 2. The van der Waals surface area contributed by atoms with Crippen LogP contribution >= 0.6 is 0 Å². The van der Waals surface area contributed by atoms with Crippen LogP contribution in [0.1, 0.15) is 54.2 Å². The van der Waals surface area contributed by atoms with E-state index in [1.165, 1.54) is 4.57 Å². The van der Waals surface area contributed by atoms with Crippen LogP contribution < -0.4 is 5.56 Å². The molecule has 3 rings (SSSR count). The Labute approximate surface area is 139 Å². The second-order valence-electron chi connectivity index (χ2n) is 5.89. The van der Waals surface area contributed by atoms with Gasteiger partial charge in [-0.15, -0.1) is 0 Å². The normalized spacial score (nSPS) is 19.2. The van der Waals surface area contributed by atoms with Crippen LogP contribution in [0.25, 0.3) is 0 Å². The van der Waals surface area contributed by atoms with E-state index in [0.717, 1.165) is 0 Å². The highest BCUT2D eigenvalue weighted by molar-refractivity contribution is 5.84. The quantitative estimate of drug-likeness (QED) is 0.596. The summed E-state index contributed by atoms with van der Waals surface area (Å²) in [6.07, 6.45) is 1.46. The van der Waals surface area contributed by atoms with Gasteiger partial charge in [-0.2, -0.15) is 0 Å². The van der Waals surface area contributed by atoms with Gasteiger partial charge in [0.15, 0.2) is 6.29 Å². The standard InChI is InChI=1S/C17H21NO6/c1-3-11(16(21)22-4-2)12-9-14-17(23-7-8-24-17)5-6-18(14)15(20)13(12)10-19/h9-11H,3-8H2,1-2H3. The fourth-order valence-corrected chi connectivity index (χ4v) is 3.52. The van der Waals surface area contributed by atoms with Crippen molar-refractivity contribution in [1.82, 2.24) is 4.57 Å². The second-order valence-corrected chi connectivity index (χ2v) is 5.89. The molecule has 1 fully saturated rings. The zero-order chi connectivity index (χ0) is 17.3. The molecule has 0 N–H and O–H groups in total. The Morgan fingerprint density at radius 1 is 1.42 bits per heavy atom. The maximum Gasteiger partial charge on any atom is 0.313 e. The topological polar surface area (TPSA) is 83.8 Å². The fraction of sp³-hybridized carbons (Fsp3) is 0.588. The van der Waals surface area contributed by atoms with E-state index in [2.05, 4.69) is 0 Å². The van der Waals surface area contributed by atoms with Gasteiger partial charge in [-0.1, -0.05) is 6.92 Å². The van der Waals surface area contributed by atoms with Crippen LogP contribution in [-0.4, -0.2) is 36.6 Å². The molecule has 1 spiro atoms. The number of hydrogen-bond acceptors (Lipinski definition) is 6. The average Bonchev–Trinajstić information content (AvgIpc) is 3.18. The number of ether oxygens (including phenoxy) is 3. The smallest absolute Gasteiger partial charge is 0.313 e. The third-order valence-electron chi connectivity index (χ3n) is 4.65. The molecular weight excluding hydrogens is 314 g/mol. The molecule has 0 bridgehead atoms. The van der Waals surface area contributed by atoms with Gasteiger partial charge in [-0.3, -0.25) is 14.4 Å². The maximum atomic E-state index is 12.7. The Balaban J connectivity index is 2.16. The van der Waals surface area contributed by atoms with E-state index in [9.17, 15) is 14.4 Å². The number of hydrogen-bond donors (Lipinski definition) is 0. The maximum absolute atomic E-state index is 12.7. The van der Waals surface area contributed by atoms with Gasteiger partial charge in [-0.25, -0.2) is 0 Å². The van der Waals surface area contributed by atoms with Crippen molar-refractivity contribution in [3.63, 3.8) is 0 Å². The number of esters is 1. The van der Waals surface area contributed by atoms with Crippen molar-refractivity contribution in [2.75, 3.05) is 19.8 Å². The summed E-state index contributed by atoms with van der Waals surface area (Å²) in [5.74, 6) is -2.04. The summed E-state index contributed by atoms with van der Waals surface area (Å²) in [4.78, 5) is 36.5. The Morgan fingerprint density at radius 2 is 2.12 bits per heavy atom. The summed E-state index contributed by atoms with van der Waals surface area (Å²) in [5.41, 5.74) is 0.570. The van der Waals surface area contributed by atoms with Crippen molar-refractivity contribution in [2.24, 2.45) is 0 Å². The van der Waals surface area contributed by atoms with Crippen molar-refractivity contribution in [2.45, 2.75) is 44.9 Å². The summed E-state index contributed by atoms with van der Waals surface area (Å²) in [6.45, 7) is 5.11. The molecule has 0 amide bonds. The molecule has 1 unspecified atom stereocenters. The molecule has 0 saturated carbocycles. The van der Waals surface area contributed by atoms with E-state index >= 15 is 0 Å². The van der Waals surface area contributed by atoms with Crippen molar-refractivity contribution in [3.8, 4) is 0 Å². The van der Waals surface area contributed by atoms with Crippen LogP contribution in [0.5, 0.6) is 0 Å². The van der Waals surface area contributed by atoms with E-state index in [1.807, 2.05) is 6.92 Å².